The van der Waals surface area contributed by atoms with Gasteiger partial charge in [0, 0.05) is 5.54 Å². The zero-order chi connectivity index (χ0) is 13.2. The van der Waals surface area contributed by atoms with Crippen LogP contribution >= 0.6 is 0 Å². The first kappa shape index (κ1) is 13.1. The van der Waals surface area contributed by atoms with E-state index in [2.05, 4.69) is 19.2 Å². The maximum Gasteiger partial charge on any atom is 0.237 e. The zero-order valence-corrected chi connectivity index (χ0v) is 11.1. The fourth-order valence-electron chi connectivity index (χ4n) is 2.28. The van der Waals surface area contributed by atoms with Gasteiger partial charge in [0.1, 0.15) is 0 Å². The van der Waals surface area contributed by atoms with Crippen molar-refractivity contribution < 1.29 is 4.79 Å². The Balaban J connectivity index is 1.89. The van der Waals surface area contributed by atoms with Crippen molar-refractivity contribution in [3.63, 3.8) is 0 Å². The van der Waals surface area contributed by atoms with Crippen LogP contribution in [0.15, 0.2) is 30.3 Å². The normalized spacial score (nSPS) is 17.3. The summed E-state index contributed by atoms with van der Waals surface area (Å²) in [5, 5.41) is 3.07. The molecule has 18 heavy (non-hydrogen) atoms. The molecule has 0 aliphatic heterocycles. The Hall–Kier alpha value is -1.35. The third-order valence-corrected chi connectivity index (χ3v) is 3.68. The van der Waals surface area contributed by atoms with E-state index in [0.717, 1.165) is 5.56 Å². The summed E-state index contributed by atoms with van der Waals surface area (Å²) < 4.78 is 0. The molecule has 1 aromatic rings. The van der Waals surface area contributed by atoms with Gasteiger partial charge < -0.3 is 11.1 Å². The monoisotopic (exact) mass is 246 g/mol. The van der Waals surface area contributed by atoms with E-state index < -0.39 is 6.04 Å². The molecule has 1 amide bonds. The van der Waals surface area contributed by atoms with Crippen molar-refractivity contribution in [2.45, 2.75) is 44.7 Å². The minimum absolute atomic E-state index is 0.0456. The second-order valence-corrected chi connectivity index (χ2v) is 5.78. The van der Waals surface area contributed by atoms with E-state index in [-0.39, 0.29) is 11.4 Å². The number of hydrogen-bond acceptors (Lipinski definition) is 2. The molecule has 0 saturated heterocycles. The Labute approximate surface area is 109 Å². The summed E-state index contributed by atoms with van der Waals surface area (Å²) in [5.41, 5.74) is 6.95. The van der Waals surface area contributed by atoms with Gasteiger partial charge in [-0.25, -0.2) is 0 Å². The molecule has 98 valence electrons. The Kier molecular flexibility index (Phi) is 3.71. The lowest BCUT2D eigenvalue weighted by Gasteiger charge is -2.28. The lowest BCUT2D eigenvalue weighted by molar-refractivity contribution is -0.124. The number of nitrogens with two attached hydrogens (primary N) is 1. The average molecular weight is 246 g/mol. The summed E-state index contributed by atoms with van der Waals surface area (Å²) in [7, 11) is 0. The molecule has 3 heteroatoms. The van der Waals surface area contributed by atoms with Gasteiger partial charge >= 0.3 is 0 Å². The minimum Gasteiger partial charge on any atom is -0.350 e. The molecule has 1 saturated carbocycles. The summed E-state index contributed by atoms with van der Waals surface area (Å²) in [4.78, 5) is 12.1. The number of rotatable bonds is 5. The molecule has 1 atom stereocenters. The highest BCUT2D eigenvalue weighted by Gasteiger charge is 2.39. The van der Waals surface area contributed by atoms with Crippen LogP contribution < -0.4 is 11.1 Å². The van der Waals surface area contributed by atoms with Gasteiger partial charge in [0.05, 0.1) is 6.04 Å². The third-order valence-electron chi connectivity index (χ3n) is 3.68. The maximum absolute atomic E-state index is 12.1. The Bertz CT molecular complexity index is 410. The Morgan fingerprint density at radius 1 is 1.39 bits per heavy atom. The molecule has 1 aromatic carbocycles. The van der Waals surface area contributed by atoms with E-state index in [0.29, 0.717) is 12.3 Å². The van der Waals surface area contributed by atoms with E-state index in [1.54, 1.807) is 0 Å². The number of benzene rings is 1. The molecule has 0 aromatic heterocycles. The molecule has 0 radical (unpaired) electrons. The van der Waals surface area contributed by atoms with E-state index in [1.807, 2.05) is 30.3 Å². The van der Waals surface area contributed by atoms with Crippen LogP contribution in [0.1, 0.15) is 32.3 Å². The molecular formula is C15H22N2O. The average Bonchev–Trinajstić information content (AvgIpc) is 3.13. The molecule has 1 aliphatic rings. The van der Waals surface area contributed by atoms with E-state index in [1.165, 1.54) is 12.8 Å². The third kappa shape index (κ3) is 3.33. The fraction of sp³-hybridized carbons (Fsp3) is 0.533. The summed E-state index contributed by atoms with van der Waals surface area (Å²) in [6.07, 6.45) is 3.01. The van der Waals surface area contributed by atoms with Gasteiger partial charge in [0.25, 0.3) is 0 Å². The molecule has 0 heterocycles. The van der Waals surface area contributed by atoms with Crippen LogP contribution in [0.25, 0.3) is 0 Å². The second kappa shape index (κ2) is 5.11. The molecule has 3 N–H and O–H groups in total. The van der Waals surface area contributed by atoms with E-state index in [4.69, 9.17) is 5.73 Å². The minimum atomic E-state index is -0.467. The van der Waals surface area contributed by atoms with Gasteiger partial charge in [-0.2, -0.15) is 0 Å². The first-order chi connectivity index (χ1) is 8.49. The van der Waals surface area contributed by atoms with Crippen LogP contribution in [0.2, 0.25) is 0 Å². The summed E-state index contributed by atoms with van der Waals surface area (Å²) in [5.74, 6) is 0.570. The molecule has 1 aliphatic carbocycles. The van der Waals surface area contributed by atoms with Crippen molar-refractivity contribution >= 4 is 5.91 Å². The summed E-state index contributed by atoms with van der Waals surface area (Å²) in [6.45, 7) is 4.16. The Morgan fingerprint density at radius 2 is 2.00 bits per heavy atom. The van der Waals surface area contributed by atoms with Crippen molar-refractivity contribution in [2.24, 2.45) is 11.7 Å². The molecule has 0 spiro atoms. The molecule has 1 fully saturated rings. The first-order valence-electron chi connectivity index (χ1n) is 6.60. The topological polar surface area (TPSA) is 55.1 Å². The lowest BCUT2D eigenvalue weighted by Crippen LogP contribution is -2.52. The second-order valence-electron chi connectivity index (χ2n) is 5.78. The number of carbonyl (C=O) groups excluding carboxylic acids is 1. The number of amides is 1. The Morgan fingerprint density at radius 3 is 2.56 bits per heavy atom. The van der Waals surface area contributed by atoms with Crippen LogP contribution in [-0.4, -0.2) is 17.5 Å². The van der Waals surface area contributed by atoms with Crippen LogP contribution in [0.5, 0.6) is 0 Å². The smallest absolute Gasteiger partial charge is 0.237 e. The van der Waals surface area contributed by atoms with Crippen LogP contribution in [-0.2, 0) is 11.2 Å². The van der Waals surface area contributed by atoms with Crippen molar-refractivity contribution in [3.05, 3.63) is 35.9 Å². The molecule has 2 rings (SSSR count). The van der Waals surface area contributed by atoms with Gasteiger partial charge in [-0.05, 0) is 44.6 Å². The lowest BCUT2D eigenvalue weighted by atomic mass is 9.97. The first-order valence-corrected chi connectivity index (χ1v) is 6.60. The predicted octanol–water partition coefficient (Wildman–Crippen LogP) is 1.86. The maximum atomic E-state index is 12.1. The van der Waals surface area contributed by atoms with Crippen molar-refractivity contribution in [1.29, 1.82) is 0 Å². The van der Waals surface area contributed by atoms with E-state index in [9.17, 15) is 4.79 Å². The molecule has 3 nitrogen and oxygen atoms in total. The van der Waals surface area contributed by atoms with Crippen molar-refractivity contribution in [1.82, 2.24) is 5.32 Å². The highest BCUT2D eigenvalue weighted by Crippen LogP contribution is 2.39. The SMILES string of the molecule is CC(C)(NC(=O)[C@H](N)Cc1ccccc1)C1CC1. The number of hydrogen-bond donors (Lipinski definition) is 2. The van der Waals surface area contributed by atoms with Gasteiger partial charge in [-0.15, -0.1) is 0 Å². The van der Waals surface area contributed by atoms with Crippen molar-refractivity contribution in [3.8, 4) is 0 Å². The molecule has 0 bridgehead atoms. The summed E-state index contributed by atoms with van der Waals surface area (Å²) >= 11 is 0. The zero-order valence-electron chi connectivity index (χ0n) is 11.1. The highest BCUT2D eigenvalue weighted by molar-refractivity contribution is 5.82. The predicted molar refractivity (Wildman–Crippen MR) is 73.1 cm³/mol. The largest absolute Gasteiger partial charge is 0.350 e. The van der Waals surface area contributed by atoms with Crippen LogP contribution in [0.4, 0.5) is 0 Å². The number of carbonyl (C=O) groups is 1. The highest BCUT2D eigenvalue weighted by atomic mass is 16.2. The standard InChI is InChI=1S/C15H22N2O/c1-15(2,12-8-9-12)17-14(18)13(16)10-11-6-4-3-5-7-11/h3-7,12-13H,8-10,16H2,1-2H3,(H,17,18)/t13-/m1/s1. The van der Waals surface area contributed by atoms with Crippen LogP contribution in [0, 0.1) is 5.92 Å². The van der Waals surface area contributed by atoms with Crippen LogP contribution in [0.3, 0.4) is 0 Å². The fourth-order valence-corrected chi connectivity index (χ4v) is 2.28. The quantitative estimate of drug-likeness (QED) is 0.833. The van der Waals surface area contributed by atoms with Gasteiger partial charge in [0.2, 0.25) is 5.91 Å². The number of nitrogens with one attached hydrogen (secondary N) is 1. The molecular weight excluding hydrogens is 224 g/mol. The van der Waals surface area contributed by atoms with Gasteiger partial charge in [-0.3, -0.25) is 4.79 Å². The van der Waals surface area contributed by atoms with Crippen molar-refractivity contribution in [2.75, 3.05) is 0 Å². The molecule has 0 unspecified atom stereocenters. The van der Waals surface area contributed by atoms with Gasteiger partial charge in [-0.1, -0.05) is 30.3 Å². The summed E-state index contributed by atoms with van der Waals surface area (Å²) in [6, 6.07) is 9.43. The van der Waals surface area contributed by atoms with E-state index >= 15 is 0 Å². The van der Waals surface area contributed by atoms with Gasteiger partial charge in [0.15, 0.2) is 0 Å².